The first kappa shape index (κ1) is 12.5. The number of anilines is 2. The molecule has 2 rings (SSSR count). The molecule has 0 bridgehead atoms. The number of benzene rings is 1. The summed E-state index contributed by atoms with van der Waals surface area (Å²) in [7, 11) is 0. The maximum atomic E-state index is 11.1. The van der Waals surface area contributed by atoms with E-state index in [-0.39, 0.29) is 5.69 Å². The number of amides is 1. The third-order valence-corrected chi connectivity index (χ3v) is 2.37. The van der Waals surface area contributed by atoms with Crippen molar-refractivity contribution in [2.24, 2.45) is 5.73 Å². The number of hydrogen-bond acceptors (Lipinski definition) is 5. The van der Waals surface area contributed by atoms with Crippen molar-refractivity contribution in [1.82, 2.24) is 9.97 Å². The molecule has 1 amide bonds. The van der Waals surface area contributed by atoms with E-state index in [1.807, 2.05) is 6.07 Å². The smallest absolute Gasteiger partial charge is 0.248 e. The van der Waals surface area contributed by atoms with Crippen LogP contribution in [0.25, 0.3) is 0 Å². The zero-order chi connectivity index (χ0) is 13.8. The molecule has 1 aromatic carbocycles. The lowest BCUT2D eigenvalue weighted by molar-refractivity contribution is 0.100. The third-order valence-electron chi connectivity index (χ3n) is 2.37. The summed E-state index contributed by atoms with van der Waals surface area (Å²) in [6.45, 7) is 1.77. The molecule has 0 saturated heterocycles. The molecule has 3 N–H and O–H groups in total. The molecule has 0 spiro atoms. The molecule has 0 aliphatic rings. The summed E-state index contributed by atoms with van der Waals surface area (Å²) in [4.78, 5) is 19.3. The van der Waals surface area contributed by atoms with Crippen LogP contribution in [0, 0.1) is 18.3 Å². The summed E-state index contributed by atoms with van der Waals surface area (Å²) in [5.74, 6) is -0.204. The van der Waals surface area contributed by atoms with E-state index in [1.165, 1.54) is 0 Å². The molecule has 94 valence electrons. The van der Waals surface area contributed by atoms with Crippen LogP contribution in [0.1, 0.15) is 21.7 Å². The van der Waals surface area contributed by atoms with Crippen molar-refractivity contribution < 1.29 is 4.79 Å². The van der Waals surface area contributed by atoms with Crippen molar-refractivity contribution in [1.29, 1.82) is 5.26 Å². The Hall–Kier alpha value is -2.94. The van der Waals surface area contributed by atoms with Gasteiger partial charge < -0.3 is 11.1 Å². The quantitative estimate of drug-likeness (QED) is 0.862. The van der Waals surface area contributed by atoms with Gasteiger partial charge in [-0.3, -0.25) is 4.79 Å². The Morgan fingerprint density at radius 1 is 1.37 bits per heavy atom. The van der Waals surface area contributed by atoms with Crippen LogP contribution < -0.4 is 11.1 Å². The molecule has 0 radical (unpaired) electrons. The van der Waals surface area contributed by atoms with Crippen LogP contribution in [0.2, 0.25) is 0 Å². The first-order chi connectivity index (χ1) is 9.08. The van der Waals surface area contributed by atoms with Crippen LogP contribution in [0.3, 0.4) is 0 Å². The molecule has 0 aliphatic carbocycles. The number of nitrogens with two attached hydrogens (primary N) is 1. The van der Waals surface area contributed by atoms with Crippen LogP contribution in [0.5, 0.6) is 0 Å². The molecular weight excluding hydrogens is 242 g/mol. The van der Waals surface area contributed by atoms with Crippen LogP contribution >= 0.6 is 0 Å². The fourth-order valence-electron chi connectivity index (χ4n) is 1.56. The Bertz CT molecular complexity index is 675. The van der Waals surface area contributed by atoms with E-state index in [4.69, 9.17) is 11.0 Å². The second kappa shape index (κ2) is 5.14. The number of aromatic nitrogens is 2. The lowest BCUT2D eigenvalue weighted by atomic mass is 10.2. The maximum Gasteiger partial charge on any atom is 0.248 e. The molecule has 6 nitrogen and oxygen atoms in total. The lowest BCUT2D eigenvalue weighted by Crippen LogP contribution is -2.11. The standard InChI is InChI=1S/C13H11N5O/c1-8-5-11(7-14)18-13(16-8)17-10-4-2-3-9(6-10)12(15)19/h2-6H,1H3,(H2,15,19)(H,16,17,18). The predicted octanol–water partition coefficient (Wildman–Crippen LogP) is 1.50. The topological polar surface area (TPSA) is 105 Å². The Kier molecular flexibility index (Phi) is 3.39. The summed E-state index contributed by atoms with van der Waals surface area (Å²) < 4.78 is 0. The van der Waals surface area contributed by atoms with Gasteiger partial charge in [-0.2, -0.15) is 5.26 Å². The number of rotatable bonds is 3. The largest absolute Gasteiger partial charge is 0.366 e. The van der Waals surface area contributed by atoms with Crippen LogP contribution in [0.4, 0.5) is 11.6 Å². The number of nitrogens with one attached hydrogen (secondary N) is 1. The second-order valence-electron chi connectivity index (χ2n) is 3.90. The molecule has 6 heteroatoms. The van der Waals surface area contributed by atoms with Gasteiger partial charge in [-0.05, 0) is 31.2 Å². The Morgan fingerprint density at radius 2 is 2.16 bits per heavy atom. The molecule has 0 saturated carbocycles. The van der Waals surface area contributed by atoms with Crippen molar-refractivity contribution in [3.05, 3.63) is 47.3 Å². The Balaban J connectivity index is 2.31. The summed E-state index contributed by atoms with van der Waals surface area (Å²) in [5.41, 5.74) is 7.18. The van der Waals surface area contributed by atoms with E-state index >= 15 is 0 Å². The molecule has 1 heterocycles. The van der Waals surface area contributed by atoms with E-state index in [2.05, 4.69) is 15.3 Å². The fourth-order valence-corrected chi connectivity index (χ4v) is 1.56. The number of nitriles is 1. The van der Waals surface area contributed by atoms with Crippen molar-refractivity contribution >= 4 is 17.5 Å². The van der Waals surface area contributed by atoms with E-state index in [0.29, 0.717) is 22.9 Å². The lowest BCUT2D eigenvalue weighted by Gasteiger charge is -2.06. The molecule has 0 unspecified atom stereocenters. The zero-order valence-corrected chi connectivity index (χ0v) is 10.2. The van der Waals surface area contributed by atoms with Gasteiger partial charge in [-0.15, -0.1) is 0 Å². The number of nitrogens with zero attached hydrogens (tertiary/aromatic N) is 3. The van der Waals surface area contributed by atoms with Crippen LogP contribution in [-0.2, 0) is 0 Å². The summed E-state index contributed by atoms with van der Waals surface area (Å²) in [5, 5.41) is 11.8. The predicted molar refractivity (Wildman–Crippen MR) is 69.7 cm³/mol. The molecular formula is C13H11N5O. The number of carbonyl (C=O) groups is 1. The van der Waals surface area contributed by atoms with Crippen molar-refractivity contribution in [2.75, 3.05) is 5.32 Å². The fraction of sp³-hybridized carbons (Fsp3) is 0.0769. The maximum absolute atomic E-state index is 11.1. The van der Waals surface area contributed by atoms with Crippen molar-refractivity contribution in [3.63, 3.8) is 0 Å². The molecule has 0 fully saturated rings. The highest BCUT2D eigenvalue weighted by Gasteiger charge is 2.04. The van der Waals surface area contributed by atoms with Gasteiger partial charge in [0.05, 0.1) is 0 Å². The SMILES string of the molecule is Cc1cc(C#N)nc(Nc2cccc(C(N)=O)c2)n1. The van der Waals surface area contributed by atoms with Crippen LogP contribution in [-0.4, -0.2) is 15.9 Å². The molecule has 2 aromatic rings. The van der Waals surface area contributed by atoms with E-state index in [9.17, 15) is 4.79 Å². The summed E-state index contributed by atoms with van der Waals surface area (Å²) in [6, 6.07) is 10.2. The minimum absolute atomic E-state index is 0.279. The van der Waals surface area contributed by atoms with Crippen LogP contribution in [0.15, 0.2) is 30.3 Å². The van der Waals surface area contributed by atoms with Gasteiger partial charge in [0, 0.05) is 16.9 Å². The van der Waals surface area contributed by atoms with Gasteiger partial charge >= 0.3 is 0 Å². The molecule has 19 heavy (non-hydrogen) atoms. The zero-order valence-electron chi connectivity index (χ0n) is 10.2. The van der Waals surface area contributed by atoms with Gasteiger partial charge in [0.1, 0.15) is 11.8 Å². The first-order valence-electron chi connectivity index (χ1n) is 5.51. The first-order valence-corrected chi connectivity index (χ1v) is 5.51. The summed E-state index contributed by atoms with van der Waals surface area (Å²) in [6.07, 6.45) is 0. The van der Waals surface area contributed by atoms with E-state index in [1.54, 1.807) is 37.3 Å². The highest BCUT2D eigenvalue weighted by atomic mass is 16.1. The Labute approximate surface area is 109 Å². The van der Waals surface area contributed by atoms with Gasteiger partial charge in [0.15, 0.2) is 0 Å². The minimum Gasteiger partial charge on any atom is -0.366 e. The number of aryl methyl sites for hydroxylation is 1. The number of carbonyl (C=O) groups excluding carboxylic acids is 1. The van der Waals surface area contributed by atoms with E-state index < -0.39 is 5.91 Å². The number of hydrogen-bond donors (Lipinski definition) is 2. The van der Waals surface area contributed by atoms with Gasteiger partial charge in [-0.25, -0.2) is 9.97 Å². The van der Waals surface area contributed by atoms with Crippen molar-refractivity contribution in [3.8, 4) is 6.07 Å². The average Bonchev–Trinajstić information content (AvgIpc) is 2.38. The molecule has 1 aromatic heterocycles. The van der Waals surface area contributed by atoms with E-state index in [0.717, 1.165) is 0 Å². The molecule has 0 atom stereocenters. The van der Waals surface area contributed by atoms with Gasteiger partial charge in [0.2, 0.25) is 11.9 Å². The normalized spacial score (nSPS) is 9.68. The molecule has 0 aliphatic heterocycles. The highest BCUT2D eigenvalue weighted by Crippen LogP contribution is 2.15. The second-order valence-corrected chi connectivity index (χ2v) is 3.90. The number of primary amides is 1. The van der Waals surface area contributed by atoms with Crippen molar-refractivity contribution in [2.45, 2.75) is 6.92 Å². The third kappa shape index (κ3) is 3.04. The monoisotopic (exact) mass is 253 g/mol. The summed E-state index contributed by atoms with van der Waals surface area (Å²) >= 11 is 0. The average molecular weight is 253 g/mol. The van der Waals surface area contributed by atoms with Gasteiger partial charge in [0.25, 0.3) is 0 Å². The highest BCUT2D eigenvalue weighted by molar-refractivity contribution is 5.93. The van der Waals surface area contributed by atoms with Gasteiger partial charge in [-0.1, -0.05) is 6.07 Å². The minimum atomic E-state index is -0.508. The Morgan fingerprint density at radius 3 is 2.84 bits per heavy atom.